The topological polar surface area (TPSA) is 83.3 Å². The van der Waals surface area contributed by atoms with E-state index in [1.54, 1.807) is 12.3 Å². The Labute approximate surface area is 165 Å². The molecular formula is C21H27N5O2. The molecule has 0 bridgehead atoms. The molecule has 3 rings (SSSR count). The molecule has 0 saturated carbocycles. The monoisotopic (exact) mass is 381 g/mol. The number of carbonyl (C=O) groups is 1. The van der Waals surface area contributed by atoms with Gasteiger partial charge in [-0.25, -0.2) is 9.67 Å². The third-order valence-electron chi connectivity index (χ3n) is 4.70. The van der Waals surface area contributed by atoms with Gasteiger partial charge < -0.3 is 15.3 Å². The first-order valence-electron chi connectivity index (χ1n) is 9.44. The van der Waals surface area contributed by atoms with Crippen molar-refractivity contribution < 1.29 is 9.90 Å². The first kappa shape index (κ1) is 20.0. The standard InChI is InChI=1S/C21H27N5O2/c1-15-4-6-17(7-5-15)14-26-20-19(13-23-26)18(12-16(2)24-20)21(28)22-8-9-25(3)10-11-27/h4-7,12-13,27H,8-11,14H2,1-3H3,(H,22,28). The lowest BCUT2D eigenvalue weighted by Gasteiger charge is -2.15. The van der Waals surface area contributed by atoms with Gasteiger partial charge in [-0.05, 0) is 32.5 Å². The van der Waals surface area contributed by atoms with Gasteiger partial charge in [0.25, 0.3) is 5.91 Å². The molecule has 1 amide bonds. The number of nitrogens with zero attached hydrogens (tertiary/aromatic N) is 4. The molecule has 1 aromatic carbocycles. The van der Waals surface area contributed by atoms with E-state index in [-0.39, 0.29) is 12.5 Å². The molecule has 0 spiro atoms. The second kappa shape index (κ2) is 8.95. The van der Waals surface area contributed by atoms with E-state index >= 15 is 0 Å². The second-order valence-electron chi connectivity index (χ2n) is 7.12. The molecule has 2 heterocycles. The zero-order chi connectivity index (χ0) is 20.1. The van der Waals surface area contributed by atoms with E-state index < -0.39 is 0 Å². The number of aromatic nitrogens is 3. The van der Waals surface area contributed by atoms with E-state index in [4.69, 9.17) is 5.11 Å². The predicted octanol–water partition coefficient (Wildman–Crippen LogP) is 1.75. The van der Waals surface area contributed by atoms with E-state index in [0.717, 1.165) is 16.6 Å². The maximum atomic E-state index is 12.7. The summed E-state index contributed by atoms with van der Waals surface area (Å²) in [7, 11) is 1.91. The minimum atomic E-state index is -0.136. The lowest BCUT2D eigenvalue weighted by Crippen LogP contribution is -2.34. The number of pyridine rings is 1. The highest BCUT2D eigenvalue weighted by Gasteiger charge is 2.16. The lowest BCUT2D eigenvalue weighted by atomic mass is 10.1. The van der Waals surface area contributed by atoms with Gasteiger partial charge in [0, 0.05) is 25.3 Å². The summed E-state index contributed by atoms with van der Waals surface area (Å²) in [6.07, 6.45) is 1.71. The van der Waals surface area contributed by atoms with E-state index in [1.807, 2.05) is 23.6 Å². The summed E-state index contributed by atoms with van der Waals surface area (Å²) >= 11 is 0. The molecule has 0 unspecified atom stereocenters. The van der Waals surface area contributed by atoms with Crippen molar-refractivity contribution in [3.63, 3.8) is 0 Å². The van der Waals surface area contributed by atoms with Crippen LogP contribution in [-0.2, 0) is 6.54 Å². The van der Waals surface area contributed by atoms with Crippen LogP contribution in [0, 0.1) is 13.8 Å². The molecule has 0 aliphatic heterocycles. The third kappa shape index (κ3) is 4.74. The first-order chi connectivity index (χ1) is 13.5. The van der Waals surface area contributed by atoms with E-state index in [2.05, 4.69) is 46.6 Å². The van der Waals surface area contributed by atoms with Gasteiger partial charge in [0.1, 0.15) is 0 Å². The summed E-state index contributed by atoms with van der Waals surface area (Å²) < 4.78 is 1.83. The average molecular weight is 381 g/mol. The highest BCUT2D eigenvalue weighted by Crippen LogP contribution is 2.19. The van der Waals surface area contributed by atoms with Crippen molar-refractivity contribution in [2.45, 2.75) is 20.4 Å². The number of aliphatic hydroxyl groups is 1. The number of hydrogen-bond acceptors (Lipinski definition) is 5. The minimum Gasteiger partial charge on any atom is -0.395 e. The Morgan fingerprint density at radius 2 is 1.96 bits per heavy atom. The van der Waals surface area contributed by atoms with Gasteiger partial charge >= 0.3 is 0 Å². The quantitative estimate of drug-likeness (QED) is 0.621. The van der Waals surface area contributed by atoms with Crippen molar-refractivity contribution in [2.75, 3.05) is 33.3 Å². The molecule has 0 aliphatic carbocycles. The molecule has 0 fully saturated rings. The number of carbonyl (C=O) groups excluding carboxylic acids is 1. The molecule has 2 aromatic heterocycles. The Morgan fingerprint density at radius 1 is 1.21 bits per heavy atom. The van der Waals surface area contributed by atoms with Gasteiger partial charge in [-0.3, -0.25) is 4.79 Å². The van der Waals surface area contributed by atoms with Crippen molar-refractivity contribution in [2.24, 2.45) is 0 Å². The van der Waals surface area contributed by atoms with E-state index in [0.29, 0.717) is 37.4 Å². The SMILES string of the molecule is Cc1ccc(Cn2ncc3c(C(=O)NCCN(C)CCO)cc(C)nc32)cc1. The van der Waals surface area contributed by atoms with Crippen molar-refractivity contribution >= 4 is 16.9 Å². The summed E-state index contributed by atoms with van der Waals surface area (Å²) in [6.45, 7) is 6.42. The van der Waals surface area contributed by atoms with Crippen LogP contribution in [0.3, 0.4) is 0 Å². The maximum absolute atomic E-state index is 12.7. The van der Waals surface area contributed by atoms with Crippen LogP contribution in [0.4, 0.5) is 0 Å². The fourth-order valence-electron chi connectivity index (χ4n) is 3.08. The number of aryl methyl sites for hydroxylation is 2. The maximum Gasteiger partial charge on any atom is 0.252 e. The van der Waals surface area contributed by atoms with Gasteiger partial charge in [-0.15, -0.1) is 0 Å². The van der Waals surface area contributed by atoms with E-state index in [1.165, 1.54) is 5.56 Å². The number of likely N-dealkylation sites (N-methyl/N-ethyl adjacent to an activating group) is 1. The zero-order valence-electron chi connectivity index (χ0n) is 16.6. The molecule has 28 heavy (non-hydrogen) atoms. The smallest absolute Gasteiger partial charge is 0.252 e. The minimum absolute atomic E-state index is 0.106. The number of amides is 1. The summed E-state index contributed by atoms with van der Waals surface area (Å²) in [4.78, 5) is 19.3. The molecule has 3 aromatic rings. The van der Waals surface area contributed by atoms with Crippen molar-refractivity contribution in [1.82, 2.24) is 25.0 Å². The summed E-state index contributed by atoms with van der Waals surface area (Å²) in [6, 6.07) is 10.1. The second-order valence-corrected chi connectivity index (χ2v) is 7.12. The van der Waals surface area contributed by atoms with Crippen LogP contribution in [-0.4, -0.2) is 64.0 Å². The van der Waals surface area contributed by atoms with Crippen LogP contribution in [0.2, 0.25) is 0 Å². The van der Waals surface area contributed by atoms with Gasteiger partial charge in [0.05, 0.1) is 30.3 Å². The van der Waals surface area contributed by atoms with Gasteiger partial charge in [0.15, 0.2) is 5.65 Å². The molecule has 7 nitrogen and oxygen atoms in total. The first-order valence-corrected chi connectivity index (χ1v) is 9.44. The van der Waals surface area contributed by atoms with Crippen molar-refractivity contribution in [1.29, 1.82) is 0 Å². The van der Waals surface area contributed by atoms with Crippen molar-refractivity contribution in [3.8, 4) is 0 Å². The number of nitrogens with one attached hydrogen (secondary N) is 1. The van der Waals surface area contributed by atoms with Crippen LogP contribution in [0.5, 0.6) is 0 Å². The summed E-state index contributed by atoms with van der Waals surface area (Å²) in [5.41, 5.74) is 4.43. The normalized spacial score (nSPS) is 11.3. The fraction of sp³-hybridized carbons (Fsp3) is 0.381. The third-order valence-corrected chi connectivity index (χ3v) is 4.70. The summed E-state index contributed by atoms with van der Waals surface area (Å²) in [5.74, 6) is -0.136. The van der Waals surface area contributed by atoms with Gasteiger partial charge in [0.2, 0.25) is 0 Å². The highest BCUT2D eigenvalue weighted by atomic mass is 16.3. The fourth-order valence-corrected chi connectivity index (χ4v) is 3.08. The Morgan fingerprint density at radius 3 is 2.68 bits per heavy atom. The lowest BCUT2D eigenvalue weighted by molar-refractivity contribution is 0.0950. The summed E-state index contributed by atoms with van der Waals surface area (Å²) in [5, 5.41) is 17.1. The Kier molecular flexibility index (Phi) is 6.38. The molecular weight excluding hydrogens is 354 g/mol. The Hall–Kier alpha value is -2.77. The molecule has 0 aliphatic rings. The van der Waals surface area contributed by atoms with Crippen LogP contribution in [0.15, 0.2) is 36.5 Å². The largest absolute Gasteiger partial charge is 0.395 e. The molecule has 0 radical (unpaired) electrons. The Balaban J connectivity index is 1.79. The molecule has 0 atom stereocenters. The predicted molar refractivity (Wildman–Crippen MR) is 109 cm³/mol. The van der Waals surface area contributed by atoms with Crippen LogP contribution >= 0.6 is 0 Å². The number of fused-ring (bicyclic) bond motifs is 1. The zero-order valence-corrected chi connectivity index (χ0v) is 16.6. The van der Waals surface area contributed by atoms with Gasteiger partial charge in [-0.2, -0.15) is 5.10 Å². The number of rotatable bonds is 8. The molecule has 0 saturated heterocycles. The average Bonchev–Trinajstić information content (AvgIpc) is 3.05. The van der Waals surface area contributed by atoms with Gasteiger partial charge in [-0.1, -0.05) is 29.8 Å². The number of hydrogen-bond donors (Lipinski definition) is 2. The van der Waals surface area contributed by atoms with E-state index in [9.17, 15) is 4.79 Å². The van der Waals surface area contributed by atoms with Crippen LogP contribution in [0.25, 0.3) is 11.0 Å². The van der Waals surface area contributed by atoms with Crippen LogP contribution in [0.1, 0.15) is 27.2 Å². The molecule has 148 valence electrons. The number of aliphatic hydroxyl groups excluding tert-OH is 1. The van der Waals surface area contributed by atoms with Crippen molar-refractivity contribution in [3.05, 3.63) is 58.9 Å². The Bertz CT molecular complexity index is 949. The highest BCUT2D eigenvalue weighted by molar-refractivity contribution is 6.05. The number of benzene rings is 1. The van der Waals surface area contributed by atoms with Crippen LogP contribution < -0.4 is 5.32 Å². The molecule has 2 N–H and O–H groups in total. The molecule has 7 heteroatoms.